The number of halogens is 2. The standard InChI is InChI=1S/C12H17ClFN/c1-2-10(15)7-3-5-9-6-4-8-11(14)12(9)13/h4,6,8,10H,2-3,5,7,15H2,1H3. The SMILES string of the molecule is CCC(N)CCCc1cccc(F)c1Cl. The smallest absolute Gasteiger partial charge is 0.142 e. The second-order valence-corrected chi connectivity index (χ2v) is 4.15. The minimum Gasteiger partial charge on any atom is -0.328 e. The molecule has 1 aromatic carbocycles. The fourth-order valence-electron chi connectivity index (χ4n) is 1.50. The van der Waals surface area contributed by atoms with Gasteiger partial charge in [0.2, 0.25) is 0 Å². The van der Waals surface area contributed by atoms with Crippen molar-refractivity contribution in [1.29, 1.82) is 0 Å². The highest BCUT2D eigenvalue weighted by molar-refractivity contribution is 6.31. The summed E-state index contributed by atoms with van der Waals surface area (Å²) in [4.78, 5) is 0. The van der Waals surface area contributed by atoms with Crippen molar-refractivity contribution >= 4 is 11.6 Å². The molecule has 0 aromatic heterocycles. The lowest BCUT2D eigenvalue weighted by atomic mass is 10.0. The fourth-order valence-corrected chi connectivity index (χ4v) is 1.72. The van der Waals surface area contributed by atoms with Crippen molar-refractivity contribution in [2.75, 3.05) is 0 Å². The Labute approximate surface area is 95.4 Å². The lowest BCUT2D eigenvalue weighted by Gasteiger charge is -2.09. The first kappa shape index (κ1) is 12.5. The largest absolute Gasteiger partial charge is 0.328 e. The Morgan fingerprint density at radius 2 is 2.20 bits per heavy atom. The normalized spacial score (nSPS) is 12.8. The van der Waals surface area contributed by atoms with Crippen molar-refractivity contribution in [1.82, 2.24) is 0 Å². The maximum Gasteiger partial charge on any atom is 0.142 e. The van der Waals surface area contributed by atoms with Gasteiger partial charge in [-0.15, -0.1) is 0 Å². The molecule has 3 heteroatoms. The topological polar surface area (TPSA) is 26.0 Å². The Bertz CT molecular complexity index is 314. The maximum absolute atomic E-state index is 13.1. The van der Waals surface area contributed by atoms with Crippen LogP contribution in [0.2, 0.25) is 5.02 Å². The lowest BCUT2D eigenvalue weighted by molar-refractivity contribution is 0.566. The highest BCUT2D eigenvalue weighted by atomic mass is 35.5. The van der Waals surface area contributed by atoms with E-state index in [-0.39, 0.29) is 16.9 Å². The molecule has 0 spiro atoms. The van der Waals surface area contributed by atoms with Gasteiger partial charge in [-0.2, -0.15) is 0 Å². The Morgan fingerprint density at radius 3 is 2.87 bits per heavy atom. The van der Waals surface area contributed by atoms with Gasteiger partial charge in [0, 0.05) is 6.04 Å². The van der Waals surface area contributed by atoms with E-state index in [0.29, 0.717) is 0 Å². The molecule has 84 valence electrons. The van der Waals surface area contributed by atoms with Gasteiger partial charge in [0.05, 0.1) is 5.02 Å². The van der Waals surface area contributed by atoms with Gasteiger partial charge in [-0.1, -0.05) is 30.7 Å². The Hall–Kier alpha value is -0.600. The van der Waals surface area contributed by atoms with Gasteiger partial charge in [-0.3, -0.25) is 0 Å². The average molecular weight is 230 g/mol. The van der Waals surface area contributed by atoms with Crippen LogP contribution in [0.4, 0.5) is 4.39 Å². The first-order valence-electron chi connectivity index (χ1n) is 5.33. The van der Waals surface area contributed by atoms with E-state index in [2.05, 4.69) is 6.92 Å². The molecule has 1 unspecified atom stereocenters. The molecule has 1 nitrogen and oxygen atoms in total. The van der Waals surface area contributed by atoms with Gasteiger partial charge in [0.15, 0.2) is 0 Å². The summed E-state index contributed by atoms with van der Waals surface area (Å²) in [6.45, 7) is 2.07. The van der Waals surface area contributed by atoms with Crippen LogP contribution in [0, 0.1) is 5.82 Å². The van der Waals surface area contributed by atoms with Crippen molar-refractivity contribution in [2.24, 2.45) is 5.73 Å². The van der Waals surface area contributed by atoms with Crippen molar-refractivity contribution < 1.29 is 4.39 Å². The highest BCUT2D eigenvalue weighted by Gasteiger charge is 2.06. The zero-order valence-corrected chi connectivity index (χ0v) is 9.73. The minimum absolute atomic E-state index is 0.248. The third-order valence-corrected chi connectivity index (χ3v) is 3.00. The number of hydrogen-bond donors (Lipinski definition) is 1. The second kappa shape index (κ2) is 6.09. The molecular weight excluding hydrogens is 213 g/mol. The van der Waals surface area contributed by atoms with E-state index in [9.17, 15) is 4.39 Å². The molecule has 0 saturated carbocycles. The molecule has 1 aromatic rings. The molecule has 0 amide bonds. The molecule has 0 aliphatic heterocycles. The number of rotatable bonds is 5. The molecule has 15 heavy (non-hydrogen) atoms. The van der Waals surface area contributed by atoms with Crippen LogP contribution < -0.4 is 5.73 Å². The average Bonchev–Trinajstić information content (AvgIpc) is 2.24. The summed E-state index contributed by atoms with van der Waals surface area (Å²) in [6.07, 6.45) is 3.70. The van der Waals surface area contributed by atoms with E-state index in [1.54, 1.807) is 6.07 Å². The third-order valence-electron chi connectivity index (χ3n) is 2.58. The van der Waals surface area contributed by atoms with Crippen molar-refractivity contribution in [3.63, 3.8) is 0 Å². The predicted molar refractivity (Wildman–Crippen MR) is 62.6 cm³/mol. The van der Waals surface area contributed by atoms with Crippen LogP contribution in [-0.4, -0.2) is 6.04 Å². The van der Waals surface area contributed by atoms with Gasteiger partial charge in [0.1, 0.15) is 5.82 Å². The summed E-state index contributed by atoms with van der Waals surface area (Å²) in [7, 11) is 0. The third kappa shape index (κ3) is 3.80. The van der Waals surface area contributed by atoms with Gasteiger partial charge in [-0.25, -0.2) is 4.39 Å². The first-order chi connectivity index (χ1) is 7.15. The van der Waals surface area contributed by atoms with Crippen LogP contribution in [0.25, 0.3) is 0 Å². The van der Waals surface area contributed by atoms with Gasteiger partial charge >= 0.3 is 0 Å². The van der Waals surface area contributed by atoms with Crippen molar-refractivity contribution in [3.05, 3.63) is 34.6 Å². The van der Waals surface area contributed by atoms with Crippen LogP contribution in [-0.2, 0) is 6.42 Å². The molecule has 1 atom stereocenters. The molecule has 2 N–H and O–H groups in total. The lowest BCUT2D eigenvalue weighted by Crippen LogP contribution is -2.18. The van der Waals surface area contributed by atoms with Crippen molar-refractivity contribution in [2.45, 2.75) is 38.6 Å². The molecule has 0 aliphatic carbocycles. The summed E-state index contributed by atoms with van der Waals surface area (Å²) in [5.74, 6) is -0.339. The van der Waals surface area contributed by atoms with Crippen LogP contribution >= 0.6 is 11.6 Å². The Morgan fingerprint density at radius 1 is 1.47 bits per heavy atom. The molecule has 0 aliphatic rings. The fraction of sp³-hybridized carbons (Fsp3) is 0.500. The van der Waals surface area contributed by atoms with Crippen LogP contribution in [0.15, 0.2) is 18.2 Å². The number of nitrogens with two attached hydrogens (primary N) is 1. The number of aryl methyl sites for hydroxylation is 1. The molecular formula is C12H17ClFN. The van der Waals surface area contributed by atoms with Crippen LogP contribution in [0.5, 0.6) is 0 Å². The molecule has 0 fully saturated rings. The highest BCUT2D eigenvalue weighted by Crippen LogP contribution is 2.21. The number of benzene rings is 1. The zero-order chi connectivity index (χ0) is 11.3. The zero-order valence-electron chi connectivity index (χ0n) is 8.97. The van der Waals surface area contributed by atoms with Gasteiger partial charge in [-0.05, 0) is 37.3 Å². The van der Waals surface area contributed by atoms with E-state index in [0.717, 1.165) is 31.2 Å². The monoisotopic (exact) mass is 229 g/mol. The van der Waals surface area contributed by atoms with Gasteiger partial charge < -0.3 is 5.73 Å². The Balaban J connectivity index is 2.47. The van der Waals surface area contributed by atoms with Crippen molar-refractivity contribution in [3.8, 4) is 0 Å². The molecule has 0 bridgehead atoms. The van der Waals surface area contributed by atoms with Crippen LogP contribution in [0.3, 0.4) is 0 Å². The summed E-state index contributed by atoms with van der Waals surface area (Å²) in [5.41, 5.74) is 6.67. The minimum atomic E-state index is -0.339. The van der Waals surface area contributed by atoms with Gasteiger partial charge in [0.25, 0.3) is 0 Å². The molecule has 1 rings (SSSR count). The second-order valence-electron chi connectivity index (χ2n) is 3.77. The Kier molecular flexibility index (Phi) is 5.06. The molecule has 0 radical (unpaired) electrons. The summed E-state index contributed by atoms with van der Waals surface area (Å²) in [5, 5.41) is 0.252. The van der Waals surface area contributed by atoms with E-state index in [1.165, 1.54) is 6.07 Å². The summed E-state index contributed by atoms with van der Waals surface area (Å²) >= 11 is 5.84. The first-order valence-corrected chi connectivity index (χ1v) is 5.71. The molecule has 0 heterocycles. The van der Waals surface area contributed by atoms with E-state index in [1.807, 2.05) is 6.07 Å². The van der Waals surface area contributed by atoms with E-state index in [4.69, 9.17) is 17.3 Å². The maximum atomic E-state index is 13.1. The number of hydrogen-bond acceptors (Lipinski definition) is 1. The summed E-state index contributed by atoms with van der Waals surface area (Å²) < 4.78 is 13.1. The van der Waals surface area contributed by atoms with E-state index < -0.39 is 0 Å². The molecule has 0 saturated heterocycles. The summed E-state index contributed by atoms with van der Waals surface area (Å²) in [6, 6.07) is 5.18. The van der Waals surface area contributed by atoms with Crippen LogP contribution in [0.1, 0.15) is 31.7 Å². The quantitative estimate of drug-likeness (QED) is 0.821. The predicted octanol–water partition coefficient (Wildman–Crippen LogP) is 3.54. The van der Waals surface area contributed by atoms with E-state index >= 15 is 0 Å².